The van der Waals surface area contributed by atoms with Gasteiger partial charge in [-0.1, -0.05) is 137 Å². The highest BCUT2D eigenvalue weighted by Gasteiger charge is 2.40. The molecular weight excluding hydrogens is 789 g/mol. The largest absolute Gasteiger partial charge is 0.309 e. The molecule has 0 atom stereocenters. The van der Waals surface area contributed by atoms with E-state index in [1.807, 2.05) is 22.7 Å². The van der Waals surface area contributed by atoms with Crippen molar-refractivity contribution in [3.63, 3.8) is 0 Å². The normalized spacial score (nSPS) is 15.3. The van der Waals surface area contributed by atoms with Gasteiger partial charge in [-0.3, -0.25) is 0 Å². The van der Waals surface area contributed by atoms with Crippen LogP contribution in [-0.2, 0) is 10.8 Å². The van der Waals surface area contributed by atoms with Gasteiger partial charge in [-0.25, -0.2) is 0 Å². The van der Waals surface area contributed by atoms with Crippen LogP contribution in [-0.4, -0.2) is 0 Å². The second-order valence-corrected chi connectivity index (χ2v) is 20.6. The average molecular weight is 829 g/mol. The number of anilines is 6. The number of benzene rings is 10. The number of nitrogens with zero attached hydrogens (tertiary/aromatic N) is 2. The highest BCUT2D eigenvalue weighted by molar-refractivity contribution is 7.26. The molecule has 2 aliphatic heterocycles. The van der Waals surface area contributed by atoms with Gasteiger partial charge in [0.2, 0.25) is 0 Å². The van der Waals surface area contributed by atoms with Crippen molar-refractivity contribution in [1.29, 1.82) is 0 Å². The third-order valence-electron chi connectivity index (χ3n) is 14.6. The third-order valence-corrected chi connectivity index (χ3v) is 16.8. The molecule has 0 saturated heterocycles. The quantitative estimate of drug-likeness (QED) is 0.160. The lowest BCUT2D eigenvalue weighted by atomic mass is 9.73. The molecule has 2 aromatic heterocycles. The minimum absolute atomic E-state index is 0.185. The molecule has 0 fully saturated rings. The first-order chi connectivity index (χ1) is 30.3. The van der Waals surface area contributed by atoms with E-state index in [-0.39, 0.29) is 10.8 Å². The summed E-state index contributed by atoms with van der Waals surface area (Å²) in [4.78, 5) is 5.14. The summed E-state index contributed by atoms with van der Waals surface area (Å²) in [6.07, 6.45) is 0. The third kappa shape index (κ3) is 4.43. The minimum atomic E-state index is -0.185. The van der Waals surface area contributed by atoms with Gasteiger partial charge >= 0.3 is 0 Å². The summed E-state index contributed by atoms with van der Waals surface area (Å²) in [5, 5.41) is 13.1. The highest BCUT2D eigenvalue weighted by atomic mass is 32.1. The van der Waals surface area contributed by atoms with Crippen molar-refractivity contribution in [3.8, 4) is 0 Å². The molecular formula is C58H40N2S2. The summed E-state index contributed by atoms with van der Waals surface area (Å²) >= 11 is 3.80. The van der Waals surface area contributed by atoms with Crippen LogP contribution in [0.3, 0.4) is 0 Å². The maximum Gasteiger partial charge on any atom is 0.0540 e. The summed E-state index contributed by atoms with van der Waals surface area (Å²) in [6, 6.07) is 64.8. The van der Waals surface area contributed by atoms with E-state index in [4.69, 9.17) is 0 Å². The predicted molar refractivity (Wildman–Crippen MR) is 270 cm³/mol. The van der Waals surface area contributed by atoms with Crippen molar-refractivity contribution in [2.24, 2.45) is 0 Å². The zero-order valence-electron chi connectivity index (χ0n) is 34.9. The van der Waals surface area contributed by atoms with Crippen LogP contribution in [0, 0.1) is 0 Å². The zero-order valence-corrected chi connectivity index (χ0v) is 36.5. The molecule has 10 aromatic carbocycles. The molecule has 0 spiro atoms. The smallest absolute Gasteiger partial charge is 0.0540 e. The fraction of sp³-hybridized carbons (Fsp3) is 0.103. The van der Waals surface area contributed by atoms with Crippen molar-refractivity contribution >= 4 is 129 Å². The number of para-hydroxylation sites is 2. The van der Waals surface area contributed by atoms with Crippen LogP contribution in [0.15, 0.2) is 170 Å². The Morgan fingerprint density at radius 1 is 0.306 bits per heavy atom. The van der Waals surface area contributed by atoms with Crippen molar-refractivity contribution in [1.82, 2.24) is 0 Å². The van der Waals surface area contributed by atoms with Gasteiger partial charge in [0, 0.05) is 61.9 Å². The van der Waals surface area contributed by atoms with Gasteiger partial charge in [-0.05, 0) is 104 Å². The van der Waals surface area contributed by atoms with E-state index in [1.165, 1.54) is 129 Å². The van der Waals surface area contributed by atoms with Gasteiger partial charge in [-0.15, -0.1) is 22.7 Å². The second kappa shape index (κ2) is 12.0. The Hall–Kier alpha value is -6.72. The topological polar surface area (TPSA) is 6.48 Å². The molecule has 2 aliphatic rings. The Bertz CT molecular complexity index is 3650. The van der Waals surface area contributed by atoms with Gasteiger partial charge < -0.3 is 9.80 Å². The molecule has 62 heavy (non-hydrogen) atoms. The van der Waals surface area contributed by atoms with Gasteiger partial charge in [-0.2, -0.15) is 0 Å². The molecule has 14 rings (SSSR count). The maximum atomic E-state index is 2.57. The lowest BCUT2D eigenvalue weighted by molar-refractivity contribution is 0.633. The summed E-state index contributed by atoms with van der Waals surface area (Å²) in [6.45, 7) is 9.60. The van der Waals surface area contributed by atoms with Gasteiger partial charge in [0.1, 0.15) is 0 Å². The summed E-state index contributed by atoms with van der Waals surface area (Å²) in [5.74, 6) is 0. The summed E-state index contributed by atoms with van der Waals surface area (Å²) in [7, 11) is 0. The van der Waals surface area contributed by atoms with Gasteiger partial charge in [0.25, 0.3) is 0 Å². The van der Waals surface area contributed by atoms with E-state index in [9.17, 15) is 0 Å². The first kappa shape index (κ1) is 34.9. The molecule has 12 aromatic rings. The molecule has 294 valence electrons. The standard InChI is InChI=1S/C58H40N2S2/c1-57(2)41-15-7-9-17-47(41)59(49-31-53-39(29-43(49)57)35-13-5-11-19-51(35)61-53)45-27-23-33-22-26-38-46(28-24-34-21-25-37(45)55(33)56(34)38)60-48-18-10-8-16-42(48)58(3,4)44-30-40-36-14-6-12-20-52(36)62-54(40)32-50(44)60/h5-32H,1-4H3. The average Bonchev–Trinajstić information content (AvgIpc) is 3.85. The van der Waals surface area contributed by atoms with Crippen LogP contribution in [0.4, 0.5) is 34.1 Å². The fourth-order valence-corrected chi connectivity index (χ4v) is 13.8. The fourth-order valence-electron chi connectivity index (χ4n) is 11.5. The molecule has 0 unspecified atom stereocenters. The van der Waals surface area contributed by atoms with Crippen LogP contribution in [0.2, 0.25) is 0 Å². The summed E-state index contributed by atoms with van der Waals surface area (Å²) < 4.78 is 5.32. The number of thiophene rings is 2. The lowest BCUT2D eigenvalue weighted by Crippen LogP contribution is -2.30. The van der Waals surface area contributed by atoms with Crippen molar-refractivity contribution in [2.75, 3.05) is 9.80 Å². The Balaban J connectivity index is 1.04. The first-order valence-corrected chi connectivity index (χ1v) is 23.3. The molecule has 0 N–H and O–H groups in total. The van der Waals surface area contributed by atoms with Crippen LogP contribution < -0.4 is 9.80 Å². The van der Waals surface area contributed by atoms with Crippen LogP contribution in [0.5, 0.6) is 0 Å². The van der Waals surface area contributed by atoms with E-state index in [2.05, 4.69) is 207 Å². The minimum Gasteiger partial charge on any atom is -0.309 e. The molecule has 0 aliphatic carbocycles. The van der Waals surface area contributed by atoms with Crippen LogP contribution >= 0.6 is 22.7 Å². The maximum absolute atomic E-state index is 2.57. The van der Waals surface area contributed by atoms with E-state index >= 15 is 0 Å². The SMILES string of the molecule is CC1(C)c2ccccc2N(c2ccc3ccc4c(N5c6ccccc6C(C)(C)c6cc7c(cc65)sc5ccccc57)ccc5ccc2c3c54)c2cc3sc4ccccc4c3cc21. The Labute approximate surface area is 367 Å². The predicted octanol–water partition coefficient (Wildman–Crippen LogP) is 17.5. The molecule has 0 saturated carbocycles. The van der Waals surface area contributed by atoms with Crippen molar-refractivity contribution in [3.05, 3.63) is 192 Å². The number of rotatable bonds is 2. The van der Waals surface area contributed by atoms with Crippen molar-refractivity contribution < 1.29 is 0 Å². The second-order valence-electron chi connectivity index (χ2n) is 18.5. The molecule has 2 nitrogen and oxygen atoms in total. The van der Waals surface area contributed by atoms with Gasteiger partial charge in [0.05, 0.1) is 34.1 Å². The van der Waals surface area contributed by atoms with Crippen LogP contribution in [0.1, 0.15) is 49.9 Å². The first-order valence-electron chi connectivity index (χ1n) is 21.7. The van der Waals surface area contributed by atoms with E-state index in [0.29, 0.717) is 0 Å². The van der Waals surface area contributed by atoms with Gasteiger partial charge in [0.15, 0.2) is 0 Å². The lowest BCUT2D eigenvalue weighted by Gasteiger charge is -2.43. The number of fused-ring (bicyclic) bond motifs is 10. The van der Waals surface area contributed by atoms with Crippen molar-refractivity contribution in [2.45, 2.75) is 38.5 Å². The summed E-state index contributed by atoms with van der Waals surface area (Å²) in [5.41, 5.74) is 12.5. The molecule has 0 radical (unpaired) electrons. The van der Waals surface area contributed by atoms with E-state index in [0.717, 1.165) is 0 Å². The van der Waals surface area contributed by atoms with E-state index in [1.54, 1.807) is 0 Å². The number of hydrogen-bond acceptors (Lipinski definition) is 4. The zero-order chi connectivity index (χ0) is 41.2. The number of hydrogen-bond donors (Lipinski definition) is 0. The Kier molecular flexibility index (Phi) is 6.77. The Morgan fingerprint density at radius 3 is 1.18 bits per heavy atom. The van der Waals surface area contributed by atoms with E-state index < -0.39 is 0 Å². The molecule has 0 amide bonds. The monoisotopic (exact) mass is 828 g/mol. The molecule has 4 heterocycles. The molecule has 0 bridgehead atoms. The Morgan fingerprint density at radius 2 is 0.710 bits per heavy atom. The van der Waals surface area contributed by atoms with Crippen LogP contribution in [0.25, 0.3) is 72.7 Å². The molecule has 4 heteroatoms. The highest BCUT2D eigenvalue weighted by Crippen LogP contribution is 2.58.